The van der Waals surface area contributed by atoms with Crippen LogP contribution in [0.2, 0.25) is 0 Å². The molecule has 0 radical (unpaired) electrons. The van der Waals surface area contributed by atoms with Gasteiger partial charge in [0.25, 0.3) is 5.56 Å². The average molecular weight is 440 g/mol. The van der Waals surface area contributed by atoms with E-state index in [2.05, 4.69) is 33.3 Å². The van der Waals surface area contributed by atoms with Crippen LogP contribution in [0.3, 0.4) is 0 Å². The van der Waals surface area contributed by atoms with Gasteiger partial charge in [-0.2, -0.15) is 5.10 Å². The molecule has 6 heteroatoms. The van der Waals surface area contributed by atoms with Crippen molar-refractivity contribution in [2.45, 2.75) is 32.7 Å². The van der Waals surface area contributed by atoms with Crippen LogP contribution < -0.4 is 10.9 Å². The molecule has 0 unspecified atom stereocenters. The first kappa shape index (κ1) is 20.0. The number of carbonyl (C=O) groups is 1. The summed E-state index contributed by atoms with van der Waals surface area (Å²) >= 11 is 3.40. The normalized spacial score (nSPS) is 10.6. The maximum absolute atomic E-state index is 12.4. The summed E-state index contributed by atoms with van der Waals surface area (Å²) in [5, 5.41) is 7.15. The van der Waals surface area contributed by atoms with Gasteiger partial charge in [-0.3, -0.25) is 9.59 Å². The van der Waals surface area contributed by atoms with Gasteiger partial charge in [-0.05, 0) is 48.7 Å². The molecule has 5 nitrogen and oxygen atoms in total. The van der Waals surface area contributed by atoms with Crippen molar-refractivity contribution in [3.8, 4) is 11.3 Å². The second kappa shape index (κ2) is 9.46. The molecule has 28 heavy (non-hydrogen) atoms. The molecule has 1 amide bonds. The number of nitrogens with zero attached hydrogens (tertiary/aromatic N) is 2. The number of amides is 1. The maximum atomic E-state index is 12.4. The van der Waals surface area contributed by atoms with Crippen LogP contribution in [0.15, 0.2) is 69.9 Å². The highest BCUT2D eigenvalue weighted by molar-refractivity contribution is 9.10. The van der Waals surface area contributed by atoms with Gasteiger partial charge < -0.3 is 5.32 Å². The van der Waals surface area contributed by atoms with E-state index in [1.54, 1.807) is 6.07 Å². The lowest BCUT2D eigenvalue weighted by molar-refractivity contribution is -0.117. The van der Waals surface area contributed by atoms with E-state index in [1.165, 1.54) is 16.3 Å². The summed E-state index contributed by atoms with van der Waals surface area (Å²) in [6.45, 7) is 2.02. The molecule has 0 saturated heterocycles. The molecule has 1 aromatic heterocycles. The Morgan fingerprint density at radius 3 is 2.43 bits per heavy atom. The van der Waals surface area contributed by atoms with Crippen LogP contribution in [-0.2, 0) is 17.8 Å². The molecule has 144 valence electrons. The third-order valence-electron chi connectivity index (χ3n) is 4.36. The van der Waals surface area contributed by atoms with E-state index in [0.717, 1.165) is 29.3 Å². The molecule has 1 N–H and O–H groups in total. The molecule has 0 aliphatic rings. The second-order valence-electron chi connectivity index (χ2n) is 6.57. The number of nitrogens with one attached hydrogen (secondary N) is 1. The zero-order chi connectivity index (χ0) is 19.9. The SMILES string of the molecule is CCCCc1ccc(NC(=O)Cn2nc(-c3ccc(Br)cc3)ccc2=O)cc1. The van der Waals surface area contributed by atoms with E-state index in [0.29, 0.717) is 11.4 Å². The van der Waals surface area contributed by atoms with Gasteiger partial charge >= 0.3 is 0 Å². The van der Waals surface area contributed by atoms with Crippen molar-refractivity contribution in [3.63, 3.8) is 0 Å². The van der Waals surface area contributed by atoms with Gasteiger partial charge in [0.15, 0.2) is 0 Å². The zero-order valence-corrected chi connectivity index (χ0v) is 17.3. The van der Waals surface area contributed by atoms with Crippen LogP contribution in [0.5, 0.6) is 0 Å². The number of aromatic nitrogens is 2. The Morgan fingerprint density at radius 1 is 1.04 bits per heavy atom. The molecular formula is C22H22BrN3O2. The van der Waals surface area contributed by atoms with E-state index in [1.807, 2.05) is 48.5 Å². The maximum Gasteiger partial charge on any atom is 0.267 e. The molecule has 0 spiro atoms. The quantitative estimate of drug-likeness (QED) is 0.582. The van der Waals surface area contributed by atoms with Gasteiger partial charge in [0.05, 0.1) is 5.69 Å². The number of hydrogen-bond acceptors (Lipinski definition) is 3. The summed E-state index contributed by atoms with van der Waals surface area (Å²) in [7, 11) is 0. The molecular weight excluding hydrogens is 418 g/mol. The van der Waals surface area contributed by atoms with E-state index < -0.39 is 0 Å². The van der Waals surface area contributed by atoms with Crippen LogP contribution in [0.25, 0.3) is 11.3 Å². The van der Waals surface area contributed by atoms with Crippen LogP contribution in [0, 0.1) is 0 Å². The third kappa shape index (κ3) is 5.39. The lowest BCUT2D eigenvalue weighted by Gasteiger charge is -2.09. The van der Waals surface area contributed by atoms with Gasteiger partial charge in [-0.1, -0.05) is 53.5 Å². The van der Waals surface area contributed by atoms with Crippen LogP contribution in [-0.4, -0.2) is 15.7 Å². The van der Waals surface area contributed by atoms with Gasteiger partial charge in [-0.25, -0.2) is 4.68 Å². The highest BCUT2D eigenvalue weighted by Crippen LogP contribution is 2.18. The lowest BCUT2D eigenvalue weighted by atomic mass is 10.1. The number of rotatable bonds is 7. The van der Waals surface area contributed by atoms with Crippen molar-refractivity contribution in [1.29, 1.82) is 0 Å². The Kier molecular flexibility index (Phi) is 6.76. The largest absolute Gasteiger partial charge is 0.324 e. The third-order valence-corrected chi connectivity index (χ3v) is 4.89. The first-order valence-corrected chi connectivity index (χ1v) is 10.1. The summed E-state index contributed by atoms with van der Waals surface area (Å²) in [6.07, 6.45) is 3.33. The van der Waals surface area contributed by atoms with Crippen molar-refractivity contribution in [2.24, 2.45) is 0 Å². The highest BCUT2D eigenvalue weighted by atomic mass is 79.9. The second-order valence-corrected chi connectivity index (χ2v) is 7.49. The number of hydrogen-bond donors (Lipinski definition) is 1. The number of halogens is 1. The summed E-state index contributed by atoms with van der Waals surface area (Å²) < 4.78 is 2.15. The van der Waals surface area contributed by atoms with Crippen molar-refractivity contribution in [1.82, 2.24) is 9.78 Å². The molecule has 3 aromatic rings. The lowest BCUT2D eigenvalue weighted by Crippen LogP contribution is -2.29. The van der Waals surface area contributed by atoms with Crippen molar-refractivity contribution < 1.29 is 4.79 Å². The molecule has 2 aromatic carbocycles. The fraction of sp³-hybridized carbons (Fsp3) is 0.227. The number of aryl methyl sites for hydroxylation is 1. The average Bonchev–Trinajstić information content (AvgIpc) is 2.70. The minimum atomic E-state index is -0.314. The summed E-state index contributed by atoms with van der Waals surface area (Å²) in [5.41, 5.74) is 3.16. The summed E-state index contributed by atoms with van der Waals surface area (Å²) in [6, 6.07) is 18.5. The standard InChI is InChI=1S/C22H22BrN3O2/c1-2-3-4-16-5-11-19(12-6-16)24-21(27)15-26-22(28)14-13-20(25-26)17-7-9-18(23)10-8-17/h5-14H,2-4,15H2,1H3,(H,24,27). The van der Waals surface area contributed by atoms with E-state index in [9.17, 15) is 9.59 Å². The number of anilines is 1. The zero-order valence-electron chi connectivity index (χ0n) is 15.7. The molecule has 0 atom stereocenters. The molecule has 0 bridgehead atoms. The van der Waals surface area contributed by atoms with Crippen LogP contribution >= 0.6 is 15.9 Å². The van der Waals surface area contributed by atoms with Crippen molar-refractivity contribution >= 4 is 27.5 Å². The van der Waals surface area contributed by atoms with Crippen molar-refractivity contribution in [2.75, 3.05) is 5.32 Å². The van der Waals surface area contributed by atoms with Gasteiger partial charge in [0.1, 0.15) is 6.54 Å². The van der Waals surface area contributed by atoms with Crippen molar-refractivity contribution in [3.05, 3.63) is 81.1 Å². The predicted molar refractivity (Wildman–Crippen MR) is 115 cm³/mol. The Hall–Kier alpha value is -2.73. The highest BCUT2D eigenvalue weighted by Gasteiger charge is 2.09. The van der Waals surface area contributed by atoms with Crippen LogP contribution in [0.4, 0.5) is 5.69 Å². The minimum absolute atomic E-state index is 0.138. The van der Waals surface area contributed by atoms with Crippen LogP contribution in [0.1, 0.15) is 25.3 Å². The smallest absolute Gasteiger partial charge is 0.267 e. The topological polar surface area (TPSA) is 64.0 Å². The van der Waals surface area contributed by atoms with E-state index in [4.69, 9.17) is 0 Å². The molecule has 0 fully saturated rings. The number of carbonyl (C=O) groups excluding carboxylic acids is 1. The fourth-order valence-electron chi connectivity index (χ4n) is 2.81. The monoisotopic (exact) mass is 439 g/mol. The fourth-order valence-corrected chi connectivity index (χ4v) is 3.07. The first-order chi connectivity index (χ1) is 13.5. The Bertz CT molecular complexity index is 996. The van der Waals surface area contributed by atoms with Gasteiger partial charge in [0.2, 0.25) is 5.91 Å². The first-order valence-electron chi connectivity index (χ1n) is 9.28. The molecule has 0 aliphatic carbocycles. The number of benzene rings is 2. The van der Waals surface area contributed by atoms with E-state index >= 15 is 0 Å². The van der Waals surface area contributed by atoms with E-state index in [-0.39, 0.29) is 18.0 Å². The summed E-state index contributed by atoms with van der Waals surface area (Å²) in [5.74, 6) is -0.288. The minimum Gasteiger partial charge on any atom is -0.324 e. The summed E-state index contributed by atoms with van der Waals surface area (Å²) in [4.78, 5) is 24.5. The predicted octanol–water partition coefficient (Wildman–Crippen LogP) is 4.65. The number of unbranched alkanes of at least 4 members (excludes halogenated alkanes) is 1. The Balaban J connectivity index is 1.69. The Morgan fingerprint density at radius 2 is 1.75 bits per heavy atom. The van der Waals surface area contributed by atoms with Gasteiger partial charge in [-0.15, -0.1) is 0 Å². The Labute approximate surface area is 172 Å². The molecule has 3 rings (SSSR count). The molecule has 0 aliphatic heterocycles. The molecule has 0 saturated carbocycles. The van der Waals surface area contributed by atoms with Gasteiger partial charge in [0, 0.05) is 21.8 Å². The molecule has 1 heterocycles.